The molecule has 0 radical (unpaired) electrons. The number of likely N-dealkylation sites (tertiary alicyclic amines) is 1. The number of hydrogen-bond donors (Lipinski definition) is 1. The van der Waals surface area contributed by atoms with Gasteiger partial charge in [-0.15, -0.1) is 0 Å². The van der Waals surface area contributed by atoms with Crippen LogP contribution in [0.2, 0.25) is 0 Å². The highest BCUT2D eigenvalue weighted by atomic mass is 15.2. The van der Waals surface area contributed by atoms with E-state index in [1.165, 1.54) is 38.0 Å². The minimum absolute atomic E-state index is 0.851. The molecule has 4 nitrogen and oxygen atoms in total. The Kier molecular flexibility index (Phi) is 3.16. The lowest BCUT2D eigenvalue weighted by Crippen LogP contribution is -2.27. The summed E-state index contributed by atoms with van der Waals surface area (Å²) in [5.74, 6) is 0.851. The van der Waals surface area contributed by atoms with Gasteiger partial charge in [0.15, 0.2) is 0 Å². The second kappa shape index (κ2) is 4.78. The van der Waals surface area contributed by atoms with E-state index in [1.807, 2.05) is 12.5 Å². The third-order valence-corrected chi connectivity index (χ3v) is 4.04. The van der Waals surface area contributed by atoms with Crippen LogP contribution in [-0.2, 0) is 13.6 Å². The Morgan fingerprint density at radius 1 is 1.41 bits per heavy atom. The number of nitrogens with one attached hydrogen (secondary N) is 1. The topological polar surface area (TPSA) is 33.1 Å². The van der Waals surface area contributed by atoms with E-state index < -0.39 is 0 Å². The van der Waals surface area contributed by atoms with Crippen molar-refractivity contribution in [2.45, 2.75) is 31.8 Å². The molecule has 0 spiro atoms. The highest BCUT2D eigenvalue weighted by Gasteiger charge is 2.33. The summed E-state index contributed by atoms with van der Waals surface area (Å²) in [5, 5.41) is 3.56. The van der Waals surface area contributed by atoms with Crippen LogP contribution in [0.4, 0.5) is 0 Å². The van der Waals surface area contributed by atoms with Crippen LogP contribution in [0.5, 0.6) is 0 Å². The van der Waals surface area contributed by atoms with E-state index in [0.29, 0.717) is 0 Å². The van der Waals surface area contributed by atoms with Crippen molar-refractivity contribution in [3.05, 3.63) is 18.2 Å². The van der Waals surface area contributed by atoms with E-state index in [-0.39, 0.29) is 0 Å². The molecule has 0 bridgehead atoms. The third-order valence-electron chi connectivity index (χ3n) is 4.04. The van der Waals surface area contributed by atoms with Crippen LogP contribution >= 0.6 is 0 Å². The summed E-state index contributed by atoms with van der Waals surface area (Å²) in [7, 11) is 2.05. The van der Waals surface area contributed by atoms with Gasteiger partial charge in [-0.05, 0) is 38.3 Å². The molecule has 94 valence electrons. The van der Waals surface area contributed by atoms with Crippen LogP contribution in [0.25, 0.3) is 0 Å². The van der Waals surface area contributed by atoms with Crippen molar-refractivity contribution in [1.29, 1.82) is 0 Å². The van der Waals surface area contributed by atoms with Gasteiger partial charge in [0.1, 0.15) is 0 Å². The molecule has 1 N–H and O–H groups in total. The summed E-state index contributed by atoms with van der Waals surface area (Å²) in [6, 6.07) is 0.942. The van der Waals surface area contributed by atoms with Crippen LogP contribution in [0.1, 0.15) is 25.0 Å². The van der Waals surface area contributed by atoms with E-state index in [0.717, 1.165) is 25.0 Å². The molecule has 2 fully saturated rings. The quantitative estimate of drug-likeness (QED) is 0.825. The summed E-state index contributed by atoms with van der Waals surface area (Å²) >= 11 is 0. The smallest absolute Gasteiger partial charge is 0.0945 e. The van der Waals surface area contributed by atoms with E-state index in [4.69, 9.17) is 0 Å². The van der Waals surface area contributed by atoms with E-state index >= 15 is 0 Å². The lowest BCUT2D eigenvalue weighted by molar-refractivity contribution is 0.311. The number of imidazole rings is 1. The van der Waals surface area contributed by atoms with Crippen LogP contribution in [0.3, 0.4) is 0 Å². The SMILES string of the molecule is Cn1cncc1CNCC1CCN(C2CC2)C1. The predicted molar refractivity (Wildman–Crippen MR) is 67.6 cm³/mol. The molecular weight excluding hydrogens is 212 g/mol. The minimum atomic E-state index is 0.851. The number of rotatable bonds is 5. The van der Waals surface area contributed by atoms with Crippen molar-refractivity contribution in [3.63, 3.8) is 0 Å². The average molecular weight is 234 g/mol. The molecule has 2 aliphatic rings. The maximum absolute atomic E-state index is 4.13. The Morgan fingerprint density at radius 2 is 2.29 bits per heavy atom. The van der Waals surface area contributed by atoms with Gasteiger partial charge in [0.2, 0.25) is 0 Å². The van der Waals surface area contributed by atoms with Gasteiger partial charge in [0, 0.05) is 32.4 Å². The third kappa shape index (κ3) is 2.69. The summed E-state index contributed by atoms with van der Waals surface area (Å²) in [6.07, 6.45) is 8.05. The summed E-state index contributed by atoms with van der Waals surface area (Å²) in [6.45, 7) is 4.72. The molecule has 17 heavy (non-hydrogen) atoms. The second-order valence-electron chi connectivity index (χ2n) is 5.51. The zero-order valence-corrected chi connectivity index (χ0v) is 10.6. The number of aromatic nitrogens is 2. The molecule has 1 aromatic heterocycles. The fraction of sp³-hybridized carbons (Fsp3) is 0.769. The van der Waals surface area contributed by atoms with Gasteiger partial charge in [0.05, 0.1) is 12.0 Å². The average Bonchev–Trinajstić information content (AvgIpc) is 2.94. The fourth-order valence-electron chi connectivity index (χ4n) is 2.76. The van der Waals surface area contributed by atoms with Crippen LogP contribution in [0, 0.1) is 5.92 Å². The molecule has 1 aliphatic heterocycles. The summed E-state index contributed by atoms with van der Waals surface area (Å²) in [5.41, 5.74) is 1.27. The zero-order valence-electron chi connectivity index (χ0n) is 10.6. The molecule has 2 heterocycles. The van der Waals surface area contributed by atoms with E-state index in [2.05, 4.69) is 26.8 Å². The maximum Gasteiger partial charge on any atom is 0.0945 e. The fourth-order valence-corrected chi connectivity index (χ4v) is 2.76. The first-order valence-electron chi connectivity index (χ1n) is 6.73. The molecule has 1 saturated heterocycles. The highest BCUT2D eigenvalue weighted by Crippen LogP contribution is 2.31. The first-order valence-corrected chi connectivity index (χ1v) is 6.73. The minimum Gasteiger partial charge on any atom is -0.337 e. The Hall–Kier alpha value is -0.870. The van der Waals surface area contributed by atoms with Gasteiger partial charge in [-0.25, -0.2) is 4.98 Å². The van der Waals surface area contributed by atoms with Gasteiger partial charge in [-0.1, -0.05) is 0 Å². The van der Waals surface area contributed by atoms with Gasteiger partial charge in [-0.3, -0.25) is 0 Å². The van der Waals surface area contributed by atoms with Crippen molar-refractivity contribution in [2.75, 3.05) is 19.6 Å². The van der Waals surface area contributed by atoms with Crippen molar-refractivity contribution >= 4 is 0 Å². The van der Waals surface area contributed by atoms with Gasteiger partial charge in [-0.2, -0.15) is 0 Å². The largest absolute Gasteiger partial charge is 0.337 e. The number of nitrogens with zero attached hydrogens (tertiary/aromatic N) is 3. The molecule has 1 aliphatic carbocycles. The van der Waals surface area contributed by atoms with Gasteiger partial charge >= 0.3 is 0 Å². The highest BCUT2D eigenvalue weighted by molar-refractivity contribution is 4.97. The molecule has 1 aromatic rings. The first kappa shape index (κ1) is 11.2. The number of aryl methyl sites for hydroxylation is 1. The molecule has 1 saturated carbocycles. The summed E-state index contributed by atoms with van der Waals surface area (Å²) in [4.78, 5) is 6.81. The van der Waals surface area contributed by atoms with Crippen molar-refractivity contribution in [3.8, 4) is 0 Å². The molecule has 4 heteroatoms. The van der Waals surface area contributed by atoms with Crippen molar-refractivity contribution in [1.82, 2.24) is 19.8 Å². The van der Waals surface area contributed by atoms with Crippen LogP contribution in [0.15, 0.2) is 12.5 Å². The molecule has 3 rings (SSSR count). The summed E-state index contributed by atoms with van der Waals surface area (Å²) < 4.78 is 2.08. The lowest BCUT2D eigenvalue weighted by Gasteiger charge is -2.15. The normalized spacial score (nSPS) is 25.6. The number of hydrogen-bond acceptors (Lipinski definition) is 3. The van der Waals surface area contributed by atoms with E-state index in [1.54, 1.807) is 0 Å². The Labute approximate surface area is 103 Å². The molecule has 0 amide bonds. The van der Waals surface area contributed by atoms with Crippen molar-refractivity contribution in [2.24, 2.45) is 13.0 Å². The maximum atomic E-state index is 4.13. The molecule has 0 aromatic carbocycles. The Morgan fingerprint density at radius 3 is 3.00 bits per heavy atom. The zero-order chi connectivity index (χ0) is 11.7. The van der Waals surface area contributed by atoms with E-state index in [9.17, 15) is 0 Å². The monoisotopic (exact) mass is 234 g/mol. The van der Waals surface area contributed by atoms with Crippen molar-refractivity contribution < 1.29 is 0 Å². The Balaban J connectivity index is 1.39. The Bertz CT molecular complexity index is 369. The second-order valence-corrected chi connectivity index (χ2v) is 5.51. The first-order chi connectivity index (χ1) is 8.33. The van der Waals surface area contributed by atoms with Gasteiger partial charge in [0.25, 0.3) is 0 Å². The predicted octanol–water partition coefficient (Wildman–Crippen LogP) is 0.994. The lowest BCUT2D eigenvalue weighted by atomic mass is 10.1. The van der Waals surface area contributed by atoms with Gasteiger partial charge < -0.3 is 14.8 Å². The molecular formula is C13H22N4. The van der Waals surface area contributed by atoms with Crippen LogP contribution < -0.4 is 5.32 Å². The molecule has 1 unspecified atom stereocenters. The standard InChI is InChI=1S/C13H22N4/c1-16-10-15-8-13(16)7-14-6-11-4-5-17(9-11)12-2-3-12/h8,10-12,14H,2-7,9H2,1H3. The van der Waals surface area contributed by atoms with Crippen LogP contribution in [-0.4, -0.2) is 40.1 Å². The molecule has 1 atom stereocenters.